The highest BCUT2D eigenvalue weighted by atomic mass is 19.1. The number of non-ortho nitro benzene ring substituents is 1. The van der Waals surface area contributed by atoms with E-state index in [2.05, 4.69) is 0 Å². The average Bonchev–Trinajstić information content (AvgIpc) is 2.60. The second-order valence-corrected chi connectivity index (χ2v) is 5.52. The molecule has 0 atom stereocenters. The van der Waals surface area contributed by atoms with Crippen LogP contribution in [0.4, 0.5) is 15.8 Å². The Morgan fingerprint density at radius 1 is 1.21 bits per heavy atom. The fourth-order valence-electron chi connectivity index (χ4n) is 2.79. The number of amides is 1. The van der Waals surface area contributed by atoms with Crippen LogP contribution in [0, 0.1) is 15.9 Å². The molecule has 0 spiro atoms. The molecule has 1 aliphatic rings. The SMILES string of the molecule is O=C(C=Cc1ccc([N+](=O)[O-])cc1)N1CCCc2cccc(F)c21. The van der Waals surface area contributed by atoms with Gasteiger partial charge in [-0.15, -0.1) is 0 Å². The van der Waals surface area contributed by atoms with E-state index in [4.69, 9.17) is 0 Å². The second-order valence-electron chi connectivity index (χ2n) is 5.52. The number of nitro benzene ring substituents is 1. The van der Waals surface area contributed by atoms with Crippen LogP contribution in [0.5, 0.6) is 0 Å². The summed E-state index contributed by atoms with van der Waals surface area (Å²) in [4.78, 5) is 24.0. The van der Waals surface area contributed by atoms with Crippen LogP contribution in [0.15, 0.2) is 48.5 Å². The zero-order chi connectivity index (χ0) is 17.1. The molecular weight excluding hydrogens is 311 g/mol. The predicted molar refractivity (Wildman–Crippen MR) is 89.2 cm³/mol. The first kappa shape index (κ1) is 15.9. The molecule has 6 heteroatoms. The molecule has 2 aromatic carbocycles. The standard InChI is InChI=1S/C18H15FN2O3/c19-16-5-1-3-14-4-2-12-20(18(14)16)17(22)11-8-13-6-9-15(10-7-13)21(23)24/h1,3,5-11H,2,4,12H2. The van der Waals surface area contributed by atoms with Gasteiger partial charge < -0.3 is 4.90 Å². The summed E-state index contributed by atoms with van der Waals surface area (Å²) in [6.45, 7) is 0.470. The first-order valence-electron chi connectivity index (χ1n) is 7.57. The summed E-state index contributed by atoms with van der Waals surface area (Å²) < 4.78 is 14.1. The van der Waals surface area contributed by atoms with Gasteiger partial charge in [-0.3, -0.25) is 14.9 Å². The van der Waals surface area contributed by atoms with Gasteiger partial charge in [0.15, 0.2) is 0 Å². The molecule has 122 valence electrons. The number of aryl methyl sites for hydroxylation is 1. The van der Waals surface area contributed by atoms with Crippen molar-refractivity contribution in [1.29, 1.82) is 0 Å². The van der Waals surface area contributed by atoms with Gasteiger partial charge in [-0.05, 0) is 48.2 Å². The predicted octanol–water partition coefficient (Wildman–Crippen LogP) is 3.73. The van der Waals surface area contributed by atoms with Gasteiger partial charge >= 0.3 is 0 Å². The Kier molecular flexibility index (Phi) is 4.37. The van der Waals surface area contributed by atoms with Crippen LogP contribution in [0.25, 0.3) is 6.08 Å². The fourth-order valence-corrected chi connectivity index (χ4v) is 2.79. The van der Waals surface area contributed by atoms with E-state index in [-0.39, 0.29) is 11.6 Å². The van der Waals surface area contributed by atoms with Gasteiger partial charge in [0.25, 0.3) is 11.6 Å². The van der Waals surface area contributed by atoms with Gasteiger partial charge in [0.2, 0.25) is 0 Å². The summed E-state index contributed by atoms with van der Waals surface area (Å²) in [5.41, 5.74) is 1.84. The number of nitro groups is 1. The molecule has 1 heterocycles. The van der Waals surface area contributed by atoms with Crippen molar-refractivity contribution in [2.45, 2.75) is 12.8 Å². The lowest BCUT2D eigenvalue weighted by molar-refractivity contribution is -0.384. The van der Waals surface area contributed by atoms with Gasteiger partial charge in [0.1, 0.15) is 5.82 Å². The van der Waals surface area contributed by atoms with Crippen LogP contribution in [0.3, 0.4) is 0 Å². The van der Waals surface area contributed by atoms with E-state index in [0.29, 0.717) is 17.8 Å². The van der Waals surface area contributed by atoms with Crippen molar-refractivity contribution in [1.82, 2.24) is 0 Å². The van der Waals surface area contributed by atoms with Crippen molar-refractivity contribution in [2.24, 2.45) is 0 Å². The lowest BCUT2D eigenvalue weighted by Crippen LogP contribution is -2.35. The van der Waals surface area contributed by atoms with E-state index in [1.165, 1.54) is 29.2 Å². The fraction of sp³-hybridized carbons (Fsp3) is 0.167. The number of para-hydroxylation sites is 1. The third kappa shape index (κ3) is 3.17. The summed E-state index contributed by atoms with van der Waals surface area (Å²) in [5, 5.41) is 10.6. The molecule has 0 saturated heterocycles. The number of benzene rings is 2. The highest BCUT2D eigenvalue weighted by Crippen LogP contribution is 2.30. The van der Waals surface area contributed by atoms with E-state index >= 15 is 0 Å². The van der Waals surface area contributed by atoms with Crippen molar-refractivity contribution in [3.8, 4) is 0 Å². The van der Waals surface area contributed by atoms with Gasteiger partial charge in [-0.25, -0.2) is 4.39 Å². The van der Waals surface area contributed by atoms with E-state index in [0.717, 1.165) is 18.4 Å². The van der Waals surface area contributed by atoms with E-state index in [1.54, 1.807) is 24.3 Å². The maximum atomic E-state index is 14.1. The van der Waals surface area contributed by atoms with Crippen LogP contribution in [-0.4, -0.2) is 17.4 Å². The molecule has 0 unspecified atom stereocenters. The Labute approximate surface area is 138 Å². The molecule has 0 radical (unpaired) electrons. The minimum atomic E-state index is -0.480. The largest absolute Gasteiger partial charge is 0.306 e. The Bertz CT molecular complexity index is 816. The van der Waals surface area contributed by atoms with E-state index in [1.807, 2.05) is 6.07 Å². The molecule has 5 nitrogen and oxygen atoms in total. The molecule has 0 fully saturated rings. The van der Waals surface area contributed by atoms with E-state index in [9.17, 15) is 19.3 Å². The molecule has 0 N–H and O–H groups in total. The van der Waals surface area contributed by atoms with Crippen molar-refractivity contribution in [2.75, 3.05) is 11.4 Å². The first-order valence-corrected chi connectivity index (χ1v) is 7.57. The zero-order valence-corrected chi connectivity index (χ0v) is 12.8. The van der Waals surface area contributed by atoms with Crippen LogP contribution in [-0.2, 0) is 11.2 Å². The molecule has 1 amide bonds. The minimum Gasteiger partial charge on any atom is -0.306 e. The van der Waals surface area contributed by atoms with Gasteiger partial charge in [-0.1, -0.05) is 12.1 Å². The molecule has 0 aromatic heterocycles. The van der Waals surface area contributed by atoms with Crippen LogP contribution in [0.2, 0.25) is 0 Å². The molecule has 2 aromatic rings. The van der Waals surface area contributed by atoms with Gasteiger partial charge in [0, 0.05) is 24.8 Å². The number of hydrogen-bond acceptors (Lipinski definition) is 3. The van der Waals surface area contributed by atoms with Crippen molar-refractivity contribution >= 4 is 23.4 Å². The maximum absolute atomic E-state index is 14.1. The molecule has 3 rings (SSSR count). The average molecular weight is 326 g/mol. The third-order valence-corrected chi connectivity index (χ3v) is 3.96. The van der Waals surface area contributed by atoms with Crippen LogP contribution >= 0.6 is 0 Å². The number of rotatable bonds is 3. The number of nitrogens with zero attached hydrogens (tertiary/aromatic N) is 2. The highest BCUT2D eigenvalue weighted by molar-refractivity contribution is 6.04. The molecular formula is C18H15FN2O3. The van der Waals surface area contributed by atoms with Crippen molar-refractivity contribution < 1.29 is 14.1 Å². The number of carbonyl (C=O) groups excluding carboxylic acids is 1. The summed E-state index contributed by atoms with van der Waals surface area (Å²) in [6, 6.07) is 10.7. The summed E-state index contributed by atoms with van der Waals surface area (Å²) in [6.07, 6.45) is 4.47. The number of fused-ring (bicyclic) bond motifs is 1. The second kappa shape index (κ2) is 6.62. The number of anilines is 1. The topological polar surface area (TPSA) is 63.4 Å². The van der Waals surface area contributed by atoms with Crippen LogP contribution in [0.1, 0.15) is 17.5 Å². The molecule has 1 aliphatic heterocycles. The minimum absolute atomic E-state index is 0.00879. The molecule has 24 heavy (non-hydrogen) atoms. The van der Waals surface area contributed by atoms with E-state index < -0.39 is 10.7 Å². The van der Waals surface area contributed by atoms with Crippen molar-refractivity contribution in [3.63, 3.8) is 0 Å². The third-order valence-electron chi connectivity index (χ3n) is 3.96. The maximum Gasteiger partial charge on any atom is 0.269 e. The Morgan fingerprint density at radius 3 is 2.67 bits per heavy atom. The van der Waals surface area contributed by atoms with Gasteiger partial charge in [0.05, 0.1) is 10.6 Å². The summed E-state index contributed by atoms with van der Waals surface area (Å²) in [7, 11) is 0. The molecule has 0 aliphatic carbocycles. The monoisotopic (exact) mass is 326 g/mol. The smallest absolute Gasteiger partial charge is 0.269 e. The highest BCUT2D eigenvalue weighted by Gasteiger charge is 2.24. The Morgan fingerprint density at radius 2 is 1.96 bits per heavy atom. The zero-order valence-electron chi connectivity index (χ0n) is 12.8. The lowest BCUT2D eigenvalue weighted by Gasteiger charge is -2.28. The number of carbonyl (C=O) groups is 1. The molecule has 0 saturated carbocycles. The Balaban J connectivity index is 1.80. The normalized spacial score (nSPS) is 13.8. The Hall–Kier alpha value is -3.02. The molecule has 0 bridgehead atoms. The van der Waals surface area contributed by atoms with Crippen LogP contribution < -0.4 is 4.90 Å². The number of halogens is 1. The van der Waals surface area contributed by atoms with Crippen molar-refractivity contribution in [3.05, 3.63) is 75.6 Å². The lowest BCUT2D eigenvalue weighted by atomic mass is 10.0. The van der Waals surface area contributed by atoms with Gasteiger partial charge in [-0.2, -0.15) is 0 Å². The summed E-state index contributed by atoms with van der Waals surface area (Å²) in [5.74, 6) is -0.705. The first-order chi connectivity index (χ1) is 11.6. The number of hydrogen-bond donors (Lipinski definition) is 0. The summed E-state index contributed by atoms with van der Waals surface area (Å²) >= 11 is 0. The quantitative estimate of drug-likeness (QED) is 0.490.